The highest BCUT2D eigenvalue weighted by molar-refractivity contribution is 5.95. The first-order valence-electron chi connectivity index (χ1n) is 10.6. The molecule has 6 heteroatoms. The van der Waals surface area contributed by atoms with Gasteiger partial charge in [0.2, 0.25) is 5.91 Å². The molecule has 2 heterocycles. The molecular formula is C24H25N3O3. The summed E-state index contributed by atoms with van der Waals surface area (Å²) in [5.41, 5.74) is 4.88. The van der Waals surface area contributed by atoms with Crippen LogP contribution < -0.4 is 10.9 Å². The fourth-order valence-corrected chi connectivity index (χ4v) is 4.49. The van der Waals surface area contributed by atoms with Gasteiger partial charge in [-0.25, -0.2) is 0 Å². The Hall–Kier alpha value is -2.96. The standard InChI is InChI=1S/C24H25N3O3/c28-22(6-3-9-27-10-12-30-13-11-27)25-17-8-7-16-14-21-18-4-1-2-5-19(18)24(29)26-23(21)20(16)15-17/h1-2,4-5,7-8,15H,3,6,9-14H2,(H,25,28)(H,26,29). The molecule has 1 aromatic heterocycles. The number of anilines is 1. The zero-order valence-corrected chi connectivity index (χ0v) is 16.9. The van der Waals surface area contributed by atoms with Crippen molar-refractivity contribution in [3.8, 4) is 11.3 Å². The van der Waals surface area contributed by atoms with Gasteiger partial charge in [0.05, 0.1) is 18.9 Å². The second-order valence-electron chi connectivity index (χ2n) is 8.01. The number of ether oxygens (including phenoxy) is 1. The Morgan fingerprint density at radius 2 is 1.90 bits per heavy atom. The van der Waals surface area contributed by atoms with Crippen LogP contribution in [0, 0.1) is 0 Å². The smallest absolute Gasteiger partial charge is 0.256 e. The molecule has 0 bridgehead atoms. The number of pyridine rings is 1. The lowest BCUT2D eigenvalue weighted by atomic mass is 10.0. The number of nitrogens with one attached hydrogen (secondary N) is 2. The number of fused-ring (bicyclic) bond motifs is 5. The number of nitrogens with zero attached hydrogens (tertiary/aromatic N) is 1. The van der Waals surface area contributed by atoms with Crippen molar-refractivity contribution in [3.05, 3.63) is 63.9 Å². The van der Waals surface area contributed by atoms with E-state index in [9.17, 15) is 9.59 Å². The molecule has 30 heavy (non-hydrogen) atoms. The molecule has 1 aliphatic carbocycles. The maximum absolute atomic E-state index is 12.5. The van der Waals surface area contributed by atoms with Crippen molar-refractivity contribution in [3.63, 3.8) is 0 Å². The van der Waals surface area contributed by atoms with Crippen LogP contribution in [0.25, 0.3) is 22.0 Å². The summed E-state index contributed by atoms with van der Waals surface area (Å²) < 4.78 is 5.36. The molecule has 2 aliphatic rings. The Kier molecular flexibility index (Phi) is 5.11. The van der Waals surface area contributed by atoms with Crippen LogP contribution in [0.15, 0.2) is 47.3 Å². The van der Waals surface area contributed by atoms with Crippen molar-refractivity contribution < 1.29 is 9.53 Å². The van der Waals surface area contributed by atoms with Crippen molar-refractivity contribution in [2.75, 3.05) is 38.2 Å². The van der Waals surface area contributed by atoms with Crippen molar-refractivity contribution in [2.24, 2.45) is 0 Å². The minimum Gasteiger partial charge on any atom is -0.379 e. The van der Waals surface area contributed by atoms with Gasteiger partial charge < -0.3 is 15.0 Å². The molecule has 2 aromatic carbocycles. The molecule has 154 valence electrons. The van der Waals surface area contributed by atoms with E-state index in [2.05, 4.69) is 15.2 Å². The molecule has 1 fully saturated rings. The number of benzene rings is 2. The van der Waals surface area contributed by atoms with E-state index >= 15 is 0 Å². The SMILES string of the molecule is O=C(CCCN1CCOCC1)Nc1ccc2c(c1)-c1[nH]c(=O)c3ccccc3c1C2. The Morgan fingerprint density at radius 3 is 2.73 bits per heavy atom. The highest BCUT2D eigenvalue weighted by Crippen LogP contribution is 2.39. The van der Waals surface area contributed by atoms with Crippen molar-refractivity contribution >= 4 is 22.4 Å². The summed E-state index contributed by atoms with van der Waals surface area (Å²) >= 11 is 0. The van der Waals surface area contributed by atoms with E-state index < -0.39 is 0 Å². The van der Waals surface area contributed by atoms with E-state index in [1.54, 1.807) is 0 Å². The number of aromatic amines is 1. The fourth-order valence-electron chi connectivity index (χ4n) is 4.49. The Labute approximate surface area is 174 Å². The first-order valence-corrected chi connectivity index (χ1v) is 10.6. The second kappa shape index (κ2) is 8.05. The van der Waals surface area contributed by atoms with Gasteiger partial charge in [-0.1, -0.05) is 24.3 Å². The minimum absolute atomic E-state index is 0.0217. The summed E-state index contributed by atoms with van der Waals surface area (Å²) in [6.45, 7) is 4.36. The number of carbonyl (C=O) groups excluding carboxylic acids is 1. The monoisotopic (exact) mass is 403 g/mol. The zero-order chi connectivity index (χ0) is 20.5. The van der Waals surface area contributed by atoms with Crippen LogP contribution in [-0.4, -0.2) is 48.6 Å². The van der Waals surface area contributed by atoms with Gasteiger partial charge in [-0.2, -0.15) is 0 Å². The number of morpholine rings is 1. The lowest BCUT2D eigenvalue weighted by Crippen LogP contribution is -2.37. The number of hydrogen-bond acceptors (Lipinski definition) is 4. The molecule has 1 saturated heterocycles. The third kappa shape index (κ3) is 3.64. The lowest BCUT2D eigenvalue weighted by Gasteiger charge is -2.26. The minimum atomic E-state index is -0.0743. The van der Waals surface area contributed by atoms with E-state index in [-0.39, 0.29) is 11.5 Å². The average Bonchev–Trinajstić information content (AvgIpc) is 3.13. The first-order chi connectivity index (χ1) is 14.7. The van der Waals surface area contributed by atoms with Crippen LogP contribution in [0.4, 0.5) is 5.69 Å². The summed E-state index contributed by atoms with van der Waals surface area (Å²) in [5.74, 6) is 0.0217. The summed E-state index contributed by atoms with van der Waals surface area (Å²) in [6.07, 6.45) is 2.11. The summed E-state index contributed by atoms with van der Waals surface area (Å²) in [5, 5.41) is 4.74. The predicted molar refractivity (Wildman–Crippen MR) is 118 cm³/mol. The normalized spacial score (nSPS) is 15.7. The van der Waals surface area contributed by atoms with Gasteiger partial charge in [-0.15, -0.1) is 0 Å². The Balaban J connectivity index is 1.30. The highest BCUT2D eigenvalue weighted by atomic mass is 16.5. The van der Waals surface area contributed by atoms with E-state index in [1.165, 1.54) is 5.56 Å². The molecule has 1 aliphatic heterocycles. The predicted octanol–water partition coefficient (Wildman–Crippen LogP) is 3.15. The van der Waals surface area contributed by atoms with Crippen LogP contribution in [0.3, 0.4) is 0 Å². The summed E-state index contributed by atoms with van der Waals surface area (Å²) in [7, 11) is 0. The highest BCUT2D eigenvalue weighted by Gasteiger charge is 2.23. The number of H-pyrrole nitrogens is 1. The summed E-state index contributed by atoms with van der Waals surface area (Å²) in [4.78, 5) is 30.3. The molecule has 0 atom stereocenters. The van der Waals surface area contributed by atoms with Crippen LogP contribution in [0.2, 0.25) is 0 Å². The Bertz CT molecular complexity index is 1160. The molecule has 0 radical (unpaired) electrons. The van der Waals surface area contributed by atoms with Gasteiger partial charge in [-0.05, 0) is 47.7 Å². The van der Waals surface area contributed by atoms with Gasteiger partial charge in [-0.3, -0.25) is 14.5 Å². The van der Waals surface area contributed by atoms with Crippen LogP contribution in [0.1, 0.15) is 24.0 Å². The molecule has 2 N–H and O–H groups in total. The van der Waals surface area contributed by atoms with E-state index in [0.29, 0.717) is 6.42 Å². The molecule has 0 saturated carbocycles. The lowest BCUT2D eigenvalue weighted by molar-refractivity contribution is -0.116. The number of amides is 1. The molecule has 0 spiro atoms. The van der Waals surface area contributed by atoms with Crippen molar-refractivity contribution in [1.29, 1.82) is 0 Å². The molecular weight excluding hydrogens is 378 g/mol. The maximum Gasteiger partial charge on any atom is 0.256 e. The quantitative estimate of drug-likeness (QED) is 0.537. The Morgan fingerprint density at radius 1 is 1.10 bits per heavy atom. The van der Waals surface area contributed by atoms with Crippen LogP contribution in [0.5, 0.6) is 0 Å². The average molecular weight is 403 g/mol. The number of rotatable bonds is 5. The van der Waals surface area contributed by atoms with Gasteiger partial charge in [0, 0.05) is 42.6 Å². The maximum atomic E-state index is 12.5. The number of aromatic nitrogens is 1. The zero-order valence-electron chi connectivity index (χ0n) is 16.9. The molecule has 5 rings (SSSR count). The number of carbonyl (C=O) groups is 1. The number of hydrogen-bond donors (Lipinski definition) is 2. The topological polar surface area (TPSA) is 74.4 Å². The van der Waals surface area contributed by atoms with Gasteiger partial charge in [0.1, 0.15) is 0 Å². The molecule has 3 aromatic rings. The van der Waals surface area contributed by atoms with E-state index in [1.807, 2.05) is 42.5 Å². The largest absolute Gasteiger partial charge is 0.379 e. The molecule has 1 amide bonds. The van der Waals surface area contributed by atoms with Crippen molar-refractivity contribution in [2.45, 2.75) is 19.3 Å². The van der Waals surface area contributed by atoms with Crippen LogP contribution >= 0.6 is 0 Å². The third-order valence-electron chi connectivity index (χ3n) is 6.05. The molecule has 6 nitrogen and oxygen atoms in total. The van der Waals surface area contributed by atoms with Gasteiger partial charge >= 0.3 is 0 Å². The third-order valence-corrected chi connectivity index (χ3v) is 6.05. The first kappa shape index (κ1) is 19.0. The van der Waals surface area contributed by atoms with E-state index in [4.69, 9.17) is 4.74 Å². The van der Waals surface area contributed by atoms with Gasteiger partial charge in [0.25, 0.3) is 5.56 Å². The summed E-state index contributed by atoms with van der Waals surface area (Å²) in [6, 6.07) is 13.7. The fraction of sp³-hybridized carbons (Fsp3) is 0.333. The van der Waals surface area contributed by atoms with Crippen molar-refractivity contribution in [1.82, 2.24) is 9.88 Å². The van der Waals surface area contributed by atoms with Crippen LogP contribution in [-0.2, 0) is 16.0 Å². The molecule has 0 unspecified atom stereocenters. The van der Waals surface area contributed by atoms with E-state index in [0.717, 1.165) is 79.0 Å². The van der Waals surface area contributed by atoms with Gasteiger partial charge in [0.15, 0.2) is 0 Å². The second-order valence-corrected chi connectivity index (χ2v) is 8.01.